The summed E-state index contributed by atoms with van der Waals surface area (Å²) >= 11 is 0. The van der Waals surface area contributed by atoms with Gasteiger partial charge >= 0.3 is 6.03 Å². The summed E-state index contributed by atoms with van der Waals surface area (Å²) in [4.78, 5) is 38.1. The first kappa shape index (κ1) is 17.0. The molecule has 0 radical (unpaired) electrons. The molecule has 1 aliphatic rings. The number of carbonyl (C=O) groups is 3. The summed E-state index contributed by atoms with van der Waals surface area (Å²) in [6.07, 6.45) is 2.83. The van der Waals surface area contributed by atoms with Gasteiger partial charge in [0.2, 0.25) is 5.91 Å². The molecule has 1 aromatic heterocycles. The van der Waals surface area contributed by atoms with Crippen LogP contribution in [0.5, 0.6) is 0 Å². The van der Waals surface area contributed by atoms with Gasteiger partial charge in [-0.25, -0.2) is 4.79 Å². The summed E-state index contributed by atoms with van der Waals surface area (Å²) in [6.45, 7) is 1.33. The van der Waals surface area contributed by atoms with Crippen molar-refractivity contribution in [2.24, 2.45) is 0 Å². The third-order valence-corrected chi connectivity index (χ3v) is 4.63. The molecule has 4 amide bonds. The van der Waals surface area contributed by atoms with Gasteiger partial charge in [-0.1, -0.05) is 18.2 Å². The molecule has 2 aromatic rings. The van der Waals surface area contributed by atoms with Gasteiger partial charge in [-0.3, -0.25) is 14.5 Å². The first-order valence-corrected chi connectivity index (χ1v) is 8.34. The molecule has 3 rings (SSSR count). The fourth-order valence-corrected chi connectivity index (χ4v) is 3.14. The van der Waals surface area contributed by atoms with Crippen molar-refractivity contribution < 1.29 is 14.4 Å². The highest BCUT2D eigenvalue weighted by molar-refractivity contribution is 6.05. The zero-order valence-electron chi connectivity index (χ0n) is 14.4. The number of para-hydroxylation sites is 1. The van der Waals surface area contributed by atoms with E-state index >= 15 is 0 Å². The lowest BCUT2D eigenvalue weighted by Gasteiger charge is -2.15. The number of rotatable bonds is 6. The number of nitrogens with zero attached hydrogens (tertiary/aromatic N) is 3. The number of likely N-dealkylation sites (N-methyl/N-ethyl adjacent to an activating group) is 2. The Morgan fingerprint density at radius 2 is 1.92 bits per heavy atom. The number of fused-ring (bicyclic) bond motifs is 1. The van der Waals surface area contributed by atoms with E-state index in [4.69, 9.17) is 0 Å². The number of hydrogen-bond acceptors (Lipinski definition) is 3. The average Bonchev–Trinajstić information content (AvgIpc) is 3.10. The molecule has 0 aliphatic carbocycles. The van der Waals surface area contributed by atoms with E-state index in [2.05, 4.69) is 28.1 Å². The summed E-state index contributed by atoms with van der Waals surface area (Å²) in [5, 5.41) is 4.03. The Morgan fingerprint density at radius 1 is 1.16 bits per heavy atom. The van der Waals surface area contributed by atoms with E-state index in [1.54, 1.807) is 7.05 Å². The number of carbonyl (C=O) groups excluding carboxylic acids is 3. The second-order valence-electron chi connectivity index (χ2n) is 6.28. The molecule has 1 aliphatic heterocycles. The lowest BCUT2D eigenvalue weighted by molar-refractivity contribution is -0.131. The molecule has 1 N–H and O–H groups in total. The van der Waals surface area contributed by atoms with Crippen LogP contribution in [0, 0.1) is 0 Å². The lowest BCUT2D eigenvalue weighted by Crippen LogP contribution is -2.37. The van der Waals surface area contributed by atoms with Crippen LogP contribution < -0.4 is 5.32 Å². The number of nitrogens with one attached hydrogen (secondary N) is 1. The van der Waals surface area contributed by atoms with Gasteiger partial charge in [-0.2, -0.15) is 0 Å². The summed E-state index contributed by atoms with van der Waals surface area (Å²) in [7, 11) is 2.97. The molecule has 0 unspecified atom stereocenters. The molecule has 25 heavy (non-hydrogen) atoms. The van der Waals surface area contributed by atoms with Crippen LogP contribution in [0.4, 0.5) is 4.79 Å². The normalized spacial score (nSPS) is 17.6. The second-order valence-corrected chi connectivity index (χ2v) is 6.28. The number of benzene rings is 1. The van der Waals surface area contributed by atoms with Crippen LogP contribution >= 0.6 is 0 Å². The van der Waals surface area contributed by atoms with E-state index in [1.807, 2.05) is 18.3 Å². The topological polar surface area (TPSA) is 74.7 Å². The quantitative estimate of drug-likeness (QED) is 0.637. The highest BCUT2D eigenvalue weighted by Gasteiger charge is 2.41. The molecule has 7 heteroatoms. The Kier molecular flexibility index (Phi) is 4.74. The van der Waals surface area contributed by atoms with Gasteiger partial charge in [-0.05, 0) is 23.9 Å². The van der Waals surface area contributed by atoms with E-state index < -0.39 is 6.04 Å². The van der Waals surface area contributed by atoms with Crippen LogP contribution in [0.25, 0.3) is 10.9 Å². The fourth-order valence-electron chi connectivity index (χ4n) is 3.14. The predicted molar refractivity (Wildman–Crippen MR) is 93.9 cm³/mol. The predicted octanol–water partition coefficient (Wildman–Crippen LogP) is 1.43. The van der Waals surface area contributed by atoms with Gasteiger partial charge < -0.3 is 14.8 Å². The Morgan fingerprint density at radius 3 is 2.64 bits per heavy atom. The minimum Gasteiger partial charge on any atom is -0.356 e. The Labute approximate surface area is 146 Å². The van der Waals surface area contributed by atoms with Crippen molar-refractivity contribution in [3.05, 3.63) is 36.5 Å². The largest absolute Gasteiger partial charge is 0.356 e. The van der Waals surface area contributed by atoms with E-state index in [0.717, 1.165) is 17.9 Å². The van der Waals surface area contributed by atoms with E-state index in [-0.39, 0.29) is 24.3 Å². The number of imide groups is 1. The maximum atomic E-state index is 12.1. The molecule has 0 saturated carbocycles. The third-order valence-electron chi connectivity index (χ3n) is 4.63. The number of hydrogen-bond donors (Lipinski definition) is 1. The molecule has 0 spiro atoms. The van der Waals surface area contributed by atoms with Gasteiger partial charge in [-0.15, -0.1) is 0 Å². The Balaban J connectivity index is 1.45. The highest BCUT2D eigenvalue weighted by atomic mass is 16.2. The van der Waals surface area contributed by atoms with Crippen molar-refractivity contribution in [1.29, 1.82) is 0 Å². The van der Waals surface area contributed by atoms with E-state index in [9.17, 15) is 14.4 Å². The average molecular weight is 342 g/mol. The smallest absolute Gasteiger partial charge is 0.326 e. The van der Waals surface area contributed by atoms with Crippen LogP contribution in [0.3, 0.4) is 0 Å². The molecule has 1 fully saturated rings. The van der Waals surface area contributed by atoms with Gasteiger partial charge in [0.1, 0.15) is 6.04 Å². The number of aryl methyl sites for hydroxylation is 1. The summed E-state index contributed by atoms with van der Waals surface area (Å²) in [5.74, 6) is -0.549. The van der Waals surface area contributed by atoms with Crippen molar-refractivity contribution in [1.82, 2.24) is 19.7 Å². The second kappa shape index (κ2) is 6.96. The Bertz CT molecular complexity index is 814. The molecular weight excluding hydrogens is 320 g/mol. The molecule has 1 aromatic carbocycles. The summed E-state index contributed by atoms with van der Waals surface area (Å²) in [6, 6.07) is 9.16. The molecule has 0 bridgehead atoms. The van der Waals surface area contributed by atoms with Crippen LogP contribution in [0.2, 0.25) is 0 Å². The van der Waals surface area contributed by atoms with Crippen LogP contribution in [0.15, 0.2) is 36.5 Å². The van der Waals surface area contributed by atoms with Crippen molar-refractivity contribution in [3.63, 3.8) is 0 Å². The zero-order valence-corrected chi connectivity index (χ0v) is 14.4. The molecule has 1 saturated heterocycles. The van der Waals surface area contributed by atoms with Gasteiger partial charge in [0.15, 0.2) is 0 Å². The van der Waals surface area contributed by atoms with E-state index in [0.29, 0.717) is 6.54 Å². The lowest BCUT2D eigenvalue weighted by atomic mass is 10.2. The molecule has 1 atom stereocenters. The van der Waals surface area contributed by atoms with Crippen molar-refractivity contribution in [3.8, 4) is 0 Å². The van der Waals surface area contributed by atoms with E-state index in [1.165, 1.54) is 22.9 Å². The number of amides is 4. The van der Waals surface area contributed by atoms with Crippen molar-refractivity contribution in [2.75, 3.05) is 20.6 Å². The van der Waals surface area contributed by atoms with Gasteiger partial charge in [0.05, 0.1) is 6.42 Å². The van der Waals surface area contributed by atoms with Gasteiger partial charge in [0.25, 0.3) is 5.91 Å². The minimum absolute atomic E-state index is 0.00212. The molecular formula is C18H22N4O3. The number of urea groups is 1. The Hall–Kier alpha value is -2.83. The SMILES string of the molecule is CN1C(=O)[C@@H](CC(=O)NCCCn2ccc3ccccc32)N(C)C1=O. The van der Waals surface area contributed by atoms with Crippen LogP contribution in [0.1, 0.15) is 12.8 Å². The highest BCUT2D eigenvalue weighted by Crippen LogP contribution is 2.17. The van der Waals surface area contributed by atoms with Crippen LogP contribution in [-0.2, 0) is 16.1 Å². The fraction of sp³-hybridized carbons (Fsp3) is 0.389. The third kappa shape index (κ3) is 3.35. The number of aromatic nitrogens is 1. The maximum Gasteiger partial charge on any atom is 0.326 e. The van der Waals surface area contributed by atoms with Crippen LogP contribution in [-0.4, -0.2) is 58.9 Å². The van der Waals surface area contributed by atoms with Gasteiger partial charge in [0, 0.05) is 38.9 Å². The monoisotopic (exact) mass is 342 g/mol. The first-order chi connectivity index (χ1) is 12.0. The summed E-state index contributed by atoms with van der Waals surface area (Å²) < 4.78 is 2.16. The van der Waals surface area contributed by atoms with Crippen molar-refractivity contribution >= 4 is 28.7 Å². The first-order valence-electron chi connectivity index (χ1n) is 8.34. The minimum atomic E-state index is -0.703. The molecule has 2 heterocycles. The molecule has 132 valence electrons. The summed E-state index contributed by atoms with van der Waals surface area (Å²) in [5.41, 5.74) is 1.17. The molecule has 7 nitrogen and oxygen atoms in total. The maximum absolute atomic E-state index is 12.1. The zero-order chi connectivity index (χ0) is 18.0. The van der Waals surface area contributed by atoms with Crippen molar-refractivity contribution in [2.45, 2.75) is 25.4 Å². The standard InChI is InChI=1S/C18H22N4O3/c1-20-15(17(24)21(2)18(20)25)12-16(23)19-9-5-10-22-11-8-13-6-3-4-7-14(13)22/h3-4,6-8,11,15H,5,9-10,12H2,1-2H3,(H,19,23)/t15-/m1/s1.